The van der Waals surface area contributed by atoms with E-state index >= 15 is 0 Å². The topological polar surface area (TPSA) is 138 Å². The second kappa shape index (κ2) is 11.3. The first kappa shape index (κ1) is 28.1. The molecule has 2 amide bonds. The van der Waals surface area contributed by atoms with Gasteiger partial charge in [-0.15, -0.1) is 10.2 Å². The number of rotatable bonds is 5. The van der Waals surface area contributed by atoms with Crippen LogP contribution in [0.2, 0.25) is 0 Å². The molecule has 2 N–H and O–H groups in total. The first-order chi connectivity index (χ1) is 17.3. The van der Waals surface area contributed by atoms with Gasteiger partial charge < -0.3 is 24.8 Å². The summed E-state index contributed by atoms with van der Waals surface area (Å²) in [7, 11) is 5.76. The van der Waals surface area contributed by atoms with Gasteiger partial charge in [-0.2, -0.15) is 18.3 Å². The van der Waals surface area contributed by atoms with Gasteiger partial charge in [0, 0.05) is 52.4 Å². The van der Waals surface area contributed by atoms with Crippen molar-refractivity contribution in [3.8, 4) is 0 Å². The molecule has 37 heavy (non-hydrogen) atoms. The summed E-state index contributed by atoms with van der Waals surface area (Å²) < 4.78 is 35.4. The zero-order valence-electron chi connectivity index (χ0n) is 21.0. The number of amides is 2. The van der Waals surface area contributed by atoms with Crippen LogP contribution in [0.1, 0.15) is 46.2 Å². The number of aryl methyl sites for hydroxylation is 2. The van der Waals surface area contributed by atoms with Crippen molar-refractivity contribution in [3.05, 3.63) is 29.6 Å². The Bertz CT molecular complexity index is 1120. The minimum atomic E-state index is -5.08. The molecular formula is C22H31F3N8O4. The number of piperidine rings is 1. The lowest BCUT2D eigenvalue weighted by molar-refractivity contribution is -0.192. The van der Waals surface area contributed by atoms with Crippen molar-refractivity contribution in [1.29, 1.82) is 0 Å². The highest BCUT2D eigenvalue weighted by atomic mass is 19.4. The van der Waals surface area contributed by atoms with Crippen molar-refractivity contribution in [1.82, 2.24) is 39.7 Å². The molecule has 0 aliphatic carbocycles. The van der Waals surface area contributed by atoms with Crippen LogP contribution in [-0.2, 0) is 24.8 Å². The number of likely N-dealkylation sites (N-methyl/N-ethyl adjacent to an activating group) is 1. The molecule has 1 saturated heterocycles. The number of halogens is 3. The minimum absolute atomic E-state index is 0.00722. The molecule has 2 aliphatic rings. The van der Waals surface area contributed by atoms with Crippen LogP contribution in [0.3, 0.4) is 0 Å². The number of nitrogens with zero attached hydrogens (tertiary/aromatic N) is 7. The van der Waals surface area contributed by atoms with Gasteiger partial charge in [0.25, 0.3) is 11.8 Å². The minimum Gasteiger partial charge on any atom is -0.475 e. The number of alkyl halides is 3. The monoisotopic (exact) mass is 528 g/mol. The van der Waals surface area contributed by atoms with Crippen molar-refractivity contribution < 1.29 is 32.7 Å². The molecule has 0 radical (unpaired) electrons. The van der Waals surface area contributed by atoms with Crippen LogP contribution >= 0.6 is 0 Å². The van der Waals surface area contributed by atoms with Crippen LogP contribution in [0.25, 0.3) is 0 Å². The van der Waals surface area contributed by atoms with E-state index in [1.807, 2.05) is 35.5 Å². The van der Waals surface area contributed by atoms with E-state index in [1.54, 1.807) is 16.9 Å². The van der Waals surface area contributed by atoms with Gasteiger partial charge in [0.05, 0.1) is 0 Å². The third-order valence-electron chi connectivity index (χ3n) is 6.53. The second-order valence-electron chi connectivity index (χ2n) is 9.55. The maximum Gasteiger partial charge on any atom is 0.490 e. The highest BCUT2D eigenvalue weighted by Crippen LogP contribution is 2.41. The van der Waals surface area contributed by atoms with Crippen molar-refractivity contribution >= 4 is 17.8 Å². The number of carbonyl (C=O) groups is 3. The smallest absolute Gasteiger partial charge is 0.475 e. The van der Waals surface area contributed by atoms with Gasteiger partial charge in [0.1, 0.15) is 11.5 Å². The number of aromatic nitrogens is 5. The Hall–Kier alpha value is -3.49. The van der Waals surface area contributed by atoms with E-state index in [1.165, 1.54) is 0 Å². The summed E-state index contributed by atoms with van der Waals surface area (Å²) in [5, 5.41) is 22.7. The van der Waals surface area contributed by atoms with Gasteiger partial charge >= 0.3 is 12.1 Å². The number of fused-ring (bicyclic) bond motifs is 1. The van der Waals surface area contributed by atoms with Gasteiger partial charge in [-0.3, -0.25) is 14.3 Å². The Morgan fingerprint density at radius 1 is 1.16 bits per heavy atom. The first-order valence-corrected chi connectivity index (χ1v) is 11.8. The van der Waals surface area contributed by atoms with Gasteiger partial charge in [0.2, 0.25) is 5.82 Å². The van der Waals surface area contributed by atoms with Crippen LogP contribution in [0.15, 0.2) is 12.3 Å². The van der Waals surface area contributed by atoms with E-state index in [9.17, 15) is 22.8 Å². The molecule has 4 heterocycles. The summed E-state index contributed by atoms with van der Waals surface area (Å²) in [5.41, 5.74) is 0.574. The SMILES string of the molecule is CN(C)CCNC(=O)c1nnc2n1CC1(CC2)CCN(C(=O)c2ccn(C)n2)CC1.O=C(O)C(F)(F)F. The molecule has 2 aromatic rings. The highest BCUT2D eigenvalue weighted by molar-refractivity contribution is 5.92. The zero-order valence-corrected chi connectivity index (χ0v) is 21.0. The van der Waals surface area contributed by atoms with Crippen LogP contribution in [0.5, 0.6) is 0 Å². The molecule has 15 heteroatoms. The quantitative estimate of drug-likeness (QED) is 0.581. The predicted octanol–water partition coefficient (Wildman–Crippen LogP) is 0.805. The predicted molar refractivity (Wildman–Crippen MR) is 124 cm³/mol. The molecule has 1 spiro atoms. The molecule has 204 valence electrons. The van der Waals surface area contributed by atoms with Gasteiger partial charge in [-0.25, -0.2) is 4.79 Å². The van der Waals surface area contributed by atoms with E-state index in [4.69, 9.17) is 9.90 Å². The van der Waals surface area contributed by atoms with Crippen LogP contribution in [0, 0.1) is 5.41 Å². The van der Waals surface area contributed by atoms with E-state index in [2.05, 4.69) is 20.6 Å². The summed E-state index contributed by atoms with van der Waals surface area (Å²) in [6.07, 6.45) is 0.347. The summed E-state index contributed by atoms with van der Waals surface area (Å²) in [6, 6.07) is 1.76. The maximum atomic E-state index is 12.7. The normalized spacial score (nSPS) is 16.7. The number of likely N-dealkylation sites (tertiary alicyclic amines) is 1. The average molecular weight is 529 g/mol. The Balaban J connectivity index is 0.000000479. The van der Waals surface area contributed by atoms with Gasteiger partial charge in [0.15, 0.2) is 0 Å². The molecule has 0 bridgehead atoms. The lowest BCUT2D eigenvalue weighted by Crippen LogP contribution is -2.47. The molecule has 1 fully saturated rings. The number of nitrogens with one attached hydrogen (secondary N) is 1. The van der Waals surface area contributed by atoms with E-state index in [-0.39, 0.29) is 17.2 Å². The Morgan fingerprint density at radius 2 is 1.81 bits per heavy atom. The average Bonchev–Trinajstić information content (AvgIpc) is 3.44. The number of carboxylic acid groups (broad SMARTS) is 1. The Morgan fingerprint density at radius 3 is 2.35 bits per heavy atom. The molecule has 4 rings (SSSR count). The Kier molecular flexibility index (Phi) is 8.56. The number of carbonyl (C=O) groups excluding carboxylic acids is 2. The molecule has 0 unspecified atom stereocenters. The third-order valence-corrected chi connectivity index (χ3v) is 6.53. The summed E-state index contributed by atoms with van der Waals surface area (Å²) in [6.45, 7) is 3.49. The standard InChI is InChI=1S/C20H30N8O2.C2HF3O2/c1-25(2)13-9-21-18(29)17-23-22-16-4-6-20(14-28(16)17)7-11-27(12-8-20)19(30)15-5-10-26(3)24-15;3-2(4,5)1(6)7/h5,10H,4,6-9,11-14H2,1-3H3,(H,21,29);(H,6,7). The second-order valence-corrected chi connectivity index (χ2v) is 9.55. The van der Waals surface area contributed by atoms with E-state index < -0.39 is 12.1 Å². The molecule has 0 saturated carbocycles. The van der Waals surface area contributed by atoms with E-state index in [0.717, 1.165) is 44.6 Å². The van der Waals surface area contributed by atoms with Crippen LogP contribution < -0.4 is 5.32 Å². The van der Waals surface area contributed by atoms with Crippen LogP contribution in [0.4, 0.5) is 13.2 Å². The van der Waals surface area contributed by atoms with Crippen molar-refractivity contribution in [2.45, 2.75) is 38.4 Å². The number of carboxylic acids is 1. The maximum absolute atomic E-state index is 12.7. The molecule has 2 aliphatic heterocycles. The molecular weight excluding hydrogens is 497 g/mol. The fraction of sp³-hybridized carbons (Fsp3) is 0.636. The fourth-order valence-electron chi connectivity index (χ4n) is 4.40. The zero-order chi connectivity index (χ0) is 27.4. The summed E-state index contributed by atoms with van der Waals surface area (Å²) >= 11 is 0. The van der Waals surface area contributed by atoms with Crippen LogP contribution in [-0.4, -0.2) is 104 Å². The third kappa shape index (κ3) is 7.05. The Labute approximate surface area is 211 Å². The summed E-state index contributed by atoms with van der Waals surface area (Å²) in [4.78, 5) is 38.1. The molecule has 0 atom stereocenters. The summed E-state index contributed by atoms with van der Waals surface area (Å²) in [5.74, 6) is -1.66. The number of hydrogen-bond donors (Lipinski definition) is 2. The number of hydrogen-bond acceptors (Lipinski definition) is 7. The first-order valence-electron chi connectivity index (χ1n) is 11.8. The lowest BCUT2D eigenvalue weighted by atomic mass is 9.73. The lowest BCUT2D eigenvalue weighted by Gasteiger charge is -2.44. The van der Waals surface area contributed by atoms with Crippen molar-refractivity contribution in [2.75, 3.05) is 40.3 Å². The molecule has 12 nitrogen and oxygen atoms in total. The molecule has 0 aromatic carbocycles. The highest BCUT2D eigenvalue weighted by Gasteiger charge is 2.41. The van der Waals surface area contributed by atoms with Gasteiger partial charge in [-0.05, 0) is 44.8 Å². The van der Waals surface area contributed by atoms with Crippen molar-refractivity contribution in [3.63, 3.8) is 0 Å². The van der Waals surface area contributed by atoms with E-state index in [0.29, 0.717) is 31.2 Å². The van der Waals surface area contributed by atoms with Gasteiger partial charge in [-0.1, -0.05) is 0 Å². The molecule has 2 aromatic heterocycles. The number of aliphatic carboxylic acids is 1. The largest absolute Gasteiger partial charge is 0.490 e. The fourth-order valence-corrected chi connectivity index (χ4v) is 4.40. The van der Waals surface area contributed by atoms with Crippen molar-refractivity contribution in [2.24, 2.45) is 12.5 Å².